The number of halogens is 3. The van der Waals surface area contributed by atoms with Gasteiger partial charge in [0.05, 0.1) is 5.02 Å². The summed E-state index contributed by atoms with van der Waals surface area (Å²) in [7, 11) is -3.69. The molecule has 0 N–H and O–H groups in total. The lowest BCUT2D eigenvalue weighted by Gasteiger charge is -2.34. The number of benzene rings is 2. The van der Waals surface area contributed by atoms with Gasteiger partial charge in [0.1, 0.15) is 10.7 Å². The summed E-state index contributed by atoms with van der Waals surface area (Å²) in [5.74, 6) is -0.269. The normalized spacial score (nSPS) is 16.9. The van der Waals surface area contributed by atoms with E-state index >= 15 is 0 Å². The highest BCUT2D eigenvalue weighted by molar-refractivity contribution is 7.89. The minimum atomic E-state index is -3.69. The smallest absolute Gasteiger partial charge is 0.244 e. The molecule has 1 heterocycles. The van der Waals surface area contributed by atoms with Crippen LogP contribution in [0.25, 0.3) is 0 Å². The van der Waals surface area contributed by atoms with Gasteiger partial charge in [-0.15, -0.1) is 0 Å². The van der Waals surface area contributed by atoms with Crippen molar-refractivity contribution in [2.24, 2.45) is 0 Å². The van der Waals surface area contributed by atoms with E-state index in [2.05, 4.69) is 4.90 Å². The van der Waals surface area contributed by atoms with Gasteiger partial charge in [-0.3, -0.25) is 4.90 Å². The Morgan fingerprint density at radius 2 is 1.72 bits per heavy atom. The van der Waals surface area contributed by atoms with Crippen LogP contribution in [0.15, 0.2) is 47.4 Å². The molecule has 25 heavy (non-hydrogen) atoms. The third-order valence-electron chi connectivity index (χ3n) is 4.14. The molecular weight excluding hydrogens is 386 g/mol. The van der Waals surface area contributed by atoms with Crippen LogP contribution in [0.5, 0.6) is 0 Å². The molecule has 0 bridgehead atoms. The molecule has 134 valence electrons. The second-order valence-corrected chi connectivity index (χ2v) is 8.63. The average Bonchev–Trinajstić information content (AvgIpc) is 2.57. The minimum Gasteiger partial charge on any atom is -0.296 e. The monoisotopic (exact) mass is 402 g/mol. The van der Waals surface area contributed by atoms with Crippen LogP contribution in [0, 0.1) is 5.82 Å². The number of nitrogens with zero attached hydrogens (tertiary/aromatic N) is 2. The van der Waals surface area contributed by atoms with Gasteiger partial charge in [0.15, 0.2) is 0 Å². The highest BCUT2D eigenvalue weighted by atomic mass is 35.5. The molecule has 8 heteroatoms. The molecular formula is C17H17Cl2FN2O2S. The van der Waals surface area contributed by atoms with Gasteiger partial charge in [-0.25, -0.2) is 12.8 Å². The summed E-state index contributed by atoms with van der Waals surface area (Å²) in [6.07, 6.45) is 0. The Hall–Kier alpha value is -1.18. The largest absolute Gasteiger partial charge is 0.296 e. The van der Waals surface area contributed by atoms with Crippen LogP contribution in [-0.2, 0) is 16.6 Å². The Morgan fingerprint density at radius 1 is 1.00 bits per heavy atom. The molecule has 1 saturated heterocycles. The van der Waals surface area contributed by atoms with E-state index in [9.17, 15) is 12.8 Å². The Balaban J connectivity index is 1.68. The number of sulfonamides is 1. The second-order valence-electron chi connectivity index (χ2n) is 5.88. The predicted octanol–water partition coefficient (Wildman–Crippen LogP) is 3.64. The summed E-state index contributed by atoms with van der Waals surface area (Å²) < 4.78 is 40.2. The fourth-order valence-corrected chi connectivity index (χ4v) is 4.99. The number of rotatable bonds is 4. The van der Waals surface area contributed by atoms with Crippen LogP contribution in [0.2, 0.25) is 10.0 Å². The Bertz CT molecular complexity index is 869. The van der Waals surface area contributed by atoms with Gasteiger partial charge in [0.2, 0.25) is 10.0 Å². The maximum absolute atomic E-state index is 13.3. The van der Waals surface area contributed by atoms with Gasteiger partial charge in [-0.1, -0.05) is 35.3 Å². The molecule has 0 saturated carbocycles. The highest BCUT2D eigenvalue weighted by Gasteiger charge is 2.30. The van der Waals surface area contributed by atoms with Gasteiger partial charge in [0.25, 0.3) is 0 Å². The number of piperazine rings is 1. The van der Waals surface area contributed by atoms with Crippen molar-refractivity contribution in [3.63, 3.8) is 0 Å². The fourth-order valence-electron chi connectivity index (χ4n) is 2.84. The zero-order chi connectivity index (χ0) is 18.0. The Morgan fingerprint density at radius 3 is 2.40 bits per heavy atom. The molecule has 0 amide bonds. The van der Waals surface area contributed by atoms with E-state index < -0.39 is 10.0 Å². The third-order valence-corrected chi connectivity index (χ3v) is 6.75. The van der Waals surface area contributed by atoms with Crippen molar-refractivity contribution < 1.29 is 12.8 Å². The van der Waals surface area contributed by atoms with Gasteiger partial charge >= 0.3 is 0 Å². The minimum absolute atomic E-state index is 0.0280. The molecule has 1 aliphatic heterocycles. The molecule has 0 spiro atoms. The Kier molecular flexibility index (Phi) is 5.65. The maximum atomic E-state index is 13.3. The zero-order valence-electron chi connectivity index (χ0n) is 13.3. The van der Waals surface area contributed by atoms with Gasteiger partial charge < -0.3 is 0 Å². The van der Waals surface area contributed by atoms with E-state index in [1.165, 1.54) is 28.6 Å². The molecule has 0 unspecified atom stereocenters. The first-order chi connectivity index (χ1) is 11.9. The van der Waals surface area contributed by atoms with Crippen molar-refractivity contribution in [3.8, 4) is 0 Å². The van der Waals surface area contributed by atoms with Crippen molar-refractivity contribution in [1.82, 2.24) is 9.21 Å². The van der Waals surface area contributed by atoms with Crippen LogP contribution in [0.4, 0.5) is 4.39 Å². The molecule has 0 aliphatic carbocycles. The lowest BCUT2D eigenvalue weighted by atomic mass is 10.2. The van der Waals surface area contributed by atoms with Crippen molar-refractivity contribution in [2.75, 3.05) is 26.2 Å². The first-order valence-corrected chi connectivity index (χ1v) is 9.98. The zero-order valence-corrected chi connectivity index (χ0v) is 15.7. The van der Waals surface area contributed by atoms with Gasteiger partial charge in [-0.05, 0) is 35.9 Å². The maximum Gasteiger partial charge on any atom is 0.244 e. The molecule has 1 aliphatic rings. The highest BCUT2D eigenvalue weighted by Crippen LogP contribution is 2.28. The van der Waals surface area contributed by atoms with E-state index in [1.807, 2.05) is 6.07 Å². The van der Waals surface area contributed by atoms with E-state index in [1.54, 1.807) is 12.1 Å². The third kappa shape index (κ3) is 4.33. The summed E-state index contributed by atoms with van der Waals surface area (Å²) >= 11 is 11.9. The SMILES string of the molecule is O=S(=O)(c1cc(Cl)ccc1Cl)N1CCN(Cc2cccc(F)c2)CC1. The fraction of sp³-hybridized carbons (Fsp3) is 0.294. The Labute approximate surface area is 156 Å². The first kappa shape index (κ1) is 18.6. The van der Waals surface area contributed by atoms with Crippen LogP contribution in [0.3, 0.4) is 0 Å². The molecule has 2 aromatic rings. The van der Waals surface area contributed by atoms with E-state index in [-0.39, 0.29) is 15.7 Å². The number of hydrogen-bond acceptors (Lipinski definition) is 3. The number of hydrogen-bond donors (Lipinski definition) is 0. The molecule has 0 aromatic heterocycles. The second kappa shape index (κ2) is 7.60. The van der Waals surface area contributed by atoms with Crippen molar-refractivity contribution in [1.29, 1.82) is 0 Å². The summed E-state index contributed by atoms with van der Waals surface area (Å²) in [5.41, 5.74) is 0.870. The van der Waals surface area contributed by atoms with Crippen molar-refractivity contribution in [3.05, 3.63) is 63.9 Å². The predicted molar refractivity (Wildman–Crippen MR) is 96.9 cm³/mol. The van der Waals surface area contributed by atoms with Crippen LogP contribution < -0.4 is 0 Å². The summed E-state index contributed by atoms with van der Waals surface area (Å²) in [6.45, 7) is 2.41. The first-order valence-electron chi connectivity index (χ1n) is 7.78. The molecule has 4 nitrogen and oxygen atoms in total. The summed E-state index contributed by atoms with van der Waals surface area (Å²) in [6, 6.07) is 10.8. The van der Waals surface area contributed by atoms with E-state index in [0.717, 1.165) is 5.56 Å². The van der Waals surface area contributed by atoms with E-state index in [0.29, 0.717) is 37.7 Å². The van der Waals surface area contributed by atoms with Crippen molar-refractivity contribution >= 4 is 33.2 Å². The van der Waals surface area contributed by atoms with Crippen LogP contribution in [0.1, 0.15) is 5.56 Å². The van der Waals surface area contributed by atoms with Crippen LogP contribution in [-0.4, -0.2) is 43.8 Å². The standard InChI is InChI=1S/C17H17Cl2FN2O2S/c18-14-4-5-16(19)17(11-14)25(23,24)22-8-6-21(7-9-22)12-13-2-1-3-15(20)10-13/h1-5,10-11H,6-9,12H2. The van der Waals surface area contributed by atoms with Gasteiger partial charge in [-0.2, -0.15) is 4.31 Å². The molecule has 2 aromatic carbocycles. The van der Waals surface area contributed by atoms with E-state index in [4.69, 9.17) is 23.2 Å². The van der Waals surface area contributed by atoms with Gasteiger partial charge in [0, 0.05) is 37.7 Å². The van der Waals surface area contributed by atoms with Crippen LogP contribution >= 0.6 is 23.2 Å². The topological polar surface area (TPSA) is 40.6 Å². The molecule has 0 atom stereocenters. The summed E-state index contributed by atoms with van der Waals surface area (Å²) in [5, 5.41) is 0.485. The molecule has 1 fully saturated rings. The lowest BCUT2D eigenvalue weighted by Crippen LogP contribution is -2.48. The summed E-state index contributed by atoms with van der Waals surface area (Å²) in [4.78, 5) is 2.13. The average molecular weight is 403 g/mol. The molecule has 3 rings (SSSR count). The lowest BCUT2D eigenvalue weighted by molar-refractivity contribution is 0.181. The quantitative estimate of drug-likeness (QED) is 0.783. The van der Waals surface area contributed by atoms with Crippen molar-refractivity contribution in [2.45, 2.75) is 11.4 Å². The molecule has 0 radical (unpaired) electrons.